The Morgan fingerprint density at radius 2 is 2.11 bits per heavy atom. The Morgan fingerprint density at radius 3 is 2.63 bits per heavy atom. The summed E-state index contributed by atoms with van der Waals surface area (Å²) in [6.45, 7) is 3.95. The maximum atomic E-state index is 14.1. The highest BCUT2D eigenvalue weighted by molar-refractivity contribution is 6.16. The molecular weight excluding hydrogens is 269 g/mol. The van der Waals surface area contributed by atoms with E-state index in [9.17, 15) is 4.39 Å². The summed E-state index contributed by atoms with van der Waals surface area (Å²) < 4.78 is 20.9. The minimum atomic E-state index is -0.394. The number of alkyl halides is 1. The van der Waals surface area contributed by atoms with Gasteiger partial charge in [-0.2, -0.15) is 0 Å². The van der Waals surface area contributed by atoms with Gasteiger partial charge < -0.3 is 9.30 Å². The number of hydrogen-bond donors (Lipinski definition) is 0. The second-order valence-corrected chi connectivity index (χ2v) is 4.65. The third-order valence-electron chi connectivity index (χ3n) is 2.82. The third-order valence-corrected chi connectivity index (χ3v) is 3.06. The molecule has 0 unspecified atom stereocenters. The highest BCUT2D eigenvalue weighted by Crippen LogP contribution is 2.27. The van der Waals surface area contributed by atoms with E-state index in [0.717, 1.165) is 0 Å². The van der Waals surface area contributed by atoms with E-state index in [-0.39, 0.29) is 11.9 Å². The summed E-state index contributed by atoms with van der Waals surface area (Å²) in [7, 11) is 1.50. The van der Waals surface area contributed by atoms with Crippen LogP contribution in [0.5, 0.6) is 5.75 Å². The van der Waals surface area contributed by atoms with Crippen LogP contribution in [0, 0.1) is 5.82 Å². The van der Waals surface area contributed by atoms with Crippen LogP contribution in [0.2, 0.25) is 0 Å². The molecule has 0 saturated carbocycles. The number of methoxy groups -OCH3 is 1. The van der Waals surface area contributed by atoms with E-state index < -0.39 is 5.82 Å². The van der Waals surface area contributed by atoms with Crippen LogP contribution < -0.4 is 4.74 Å². The van der Waals surface area contributed by atoms with E-state index >= 15 is 0 Å². The SMILES string of the molecule is COc1ccc(-c2nnc(CCl)n2C(C)C)c(F)c1. The van der Waals surface area contributed by atoms with Gasteiger partial charge in [0.15, 0.2) is 5.82 Å². The number of rotatable bonds is 4. The lowest BCUT2D eigenvalue weighted by atomic mass is 10.1. The van der Waals surface area contributed by atoms with Crippen molar-refractivity contribution in [2.75, 3.05) is 7.11 Å². The minimum absolute atomic E-state index is 0.0975. The molecule has 0 radical (unpaired) electrons. The van der Waals surface area contributed by atoms with Gasteiger partial charge in [-0.1, -0.05) is 0 Å². The maximum absolute atomic E-state index is 14.1. The summed E-state index contributed by atoms with van der Waals surface area (Å²) in [4.78, 5) is 0. The third kappa shape index (κ3) is 2.56. The summed E-state index contributed by atoms with van der Waals surface area (Å²) in [5.74, 6) is 1.42. The first kappa shape index (κ1) is 13.8. The molecule has 0 fully saturated rings. The van der Waals surface area contributed by atoms with Gasteiger partial charge in [-0.3, -0.25) is 0 Å². The van der Waals surface area contributed by atoms with Crippen molar-refractivity contribution >= 4 is 11.6 Å². The lowest BCUT2D eigenvalue weighted by Gasteiger charge is -2.13. The maximum Gasteiger partial charge on any atom is 0.167 e. The quantitative estimate of drug-likeness (QED) is 0.807. The fourth-order valence-corrected chi connectivity index (χ4v) is 2.13. The molecule has 0 saturated heterocycles. The Hall–Kier alpha value is -1.62. The van der Waals surface area contributed by atoms with Gasteiger partial charge in [0.1, 0.15) is 17.4 Å². The Kier molecular flexibility index (Phi) is 4.04. The van der Waals surface area contributed by atoms with E-state index in [1.807, 2.05) is 18.4 Å². The minimum Gasteiger partial charge on any atom is -0.497 e. The van der Waals surface area contributed by atoms with E-state index in [2.05, 4.69) is 10.2 Å². The lowest BCUT2D eigenvalue weighted by Crippen LogP contribution is -2.07. The summed E-state index contributed by atoms with van der Waals surface area (Å²) in [6, 6.07) is 4.75. The van der Waals surface area contributed by atoms with Crippen LogP contribution in [-0.4, -0.2) is 21.9 Å². The Labute approximate surface area is 116 Å². The first-order valence-electron chi connectivity index (χ1n) is 5.92. The van der Waals surface area contributed by atoms with Gasteiger partial charge in [-0.15, -0.1) is 21.8 Å². The standard InChI is InChI=1S/C13H15ClFN3O/c1-8(2)18-12(7-14)16-17-13(18)10-5-4-9(19-3)6-11(10)15/h4-6,8H,7H2,1-3H3. The number of ether oxygens (including phenoxy) is 1. The summed E-state index contributed by atoms with van der Waals surface area (Å²) in [5.41, 5.74) is 0.387. The van der Waals surface area contributed by atoms with Gasteiger partial charge in [-0.25, -0.2) is 4.39 Å². The van der Waals surface area contributed by atoms with Crippen molar-refractivity contribution in [3.8, 4) is 17.1 Å². The van der Waals surface area contributed by atoms with E-state index in [1.54, 1.807) is 12.1 Å². The number of hydrogen-bond acceptors (Lipinski definition) is 3. The molecule has 1 aromatic heterocycles. The van der Waals surface area contributed by atoms with Crippen molar-refractivity contribution in [2.24, 2.45) is 0 Å². The van der Waals surface area contributed by atoms with Crippen LogP contribution in [-0.2, 0) is 5.88 Å². The second kappa shape index (κ2) is 5.57. The molecular formula is C13H15ClFN3O. The molecule has 2 rings (SSSR count). The molecule has 0 N–H and O–H groups in total. The highest BCUT2D eigenvalue weighted by Gasteiger charge is 2.18. The first-order valence-corrected chi connectivity index (χ1v) is 6.45. The molecule has 6 heteroatoms. The monoisotopic (exact) mass is 283 g/mol. The van der Waals surface area contributed by atoms with Gasteiger partial charge >= 0.3 is 0 Å². The van der Waals surface area contributed by atoms with Crippen LogP contribution in [0.3, 0.4) is 0 Å². The average Bonchev–Trinajstić information content (AvgIpc) is 2.82. The van der Waals surface area contributed by atoms with Crippen molar-refractivity contribution in [1.82, 2.24) is 14.8 Å². The lowest BCUT2D eigenvalue weighted by molar-refractivity contribution is 0.411. The van der Waals surface area contributed by atoms with E-state index in [4.69, 9.17) is 16.3 Å². The fourth-order valence-electron chi connectivity index (χ4n) is 1.95. The van der Waals surface area contributed by atoms with Crippen LogP contribution in [0.1, 0.15) is 25.7 Å². The van der Waals surface area contributed by atoms with Crippen LogP contribution in [0.25, 0.3) is 11.4 Å². The van der Waals surface area contributed by atoms with E-state index in [0.29, 0.717) is 23.0 Å². The van der Waals surface area contributed by atoms with Crippen molar-refractivity contribution < 1.29 is 9.13 Å². The summed E-state index contributed by atoms with van der Waals surface area (Å²) in [6.07, 6.45) is 0. The molecule has 0 spiro atoms. The molecule has 19 heavy (non-hydrogen) atoms. The second-order valence-electron chi connectivity index (χ2n) is 4.38. The van der Waals surface area contributed by atoms with Crippen LogP contribution in [0.15, 0.2) is 18.2 Å². The fraction of sp³-hybridized carbons (Fsp3) is 0.385. The zero-order chi connectivity index (χ0) is 14.0. The summed E-state index contributed by atoms with van der Waals surface area (Å²) >= 11 is 5.83. The van der Waals surface area contributed by atoms with Gasteiger partial charge in [0.2, 0.25) is 0 Å². The molecule has 2 aromatic rings. The largest absolute Gasteiger partial charge is 0.497 e. The average molecular weight is 284 g/mol. The smallest absolute Gasteiger partial charge is 0.167 e. The van der Waals surface area contributed by atoms with Crippen molar-refractivity contribution in [3.63, 3.8) is 0 Å². The number of aromatic nitrogens is 3. The molecule has 102 valence electrons. The zero-order valence-electron chi connectivity index (χ0n) is 11.0. The number of benzene rings is 1. The first-order chi connectivity index (χ1) is 9.08. The van der Waals surface area contributed by atoms with Crippen LogP contribution in [0.4, 0.5) is 4.39 Å². The highest BCUT2D eigenvalue weighted by atomic mass is 35.5. The molecule has 0 aliphatic heterocycles. The molecule has 0 aliphatic rings. The van der Waals surface area contributed by atoms with Crippen LogP contribution >= 0.6 is 11.6 Å². The topological polar surface area (TPSA) is 39.9 Å². The Morgan fingerprint density at radius 1 is 1.37 bits per heavy atom. The number of halogens is 2. The van der Waals surface area contributed by atoms with Gasteiger partial charge in [-0.05, 0) is 26.0 Å². The molecule has 1 heterocycles. The molecule has 4 nitrogen and oxygen atoms in total. The van der Waals surface area contributed by atoms with Crippen molar-refractivity contribution in [2.45, 2.75) is 25.8 Å². The predicted molar refractivity (Wildman–Crippen MR) is 71.9 cm³/mol. The molecule has 0 atom stereocenters. The molecule has 0 amide bonds. The normalized spacial score (nSPS) is 11.1. The van der Waals surface area contributed by atoms with Crippen molar-refractivity contribution in [3.05, 3.63) is 29.8 Å². The zero-order valence-corrected chi connectivity index (χ0v) is 11.8. The molecule has 1 aromatic carbocycles. The Bertz CT molecular complexity index is 583. The molecule has 0 bridgehead atoms. The Balaban J connectivity index is 2.56. The van der Waals surface area contributed by atoms with Crippen molar-refractivity contribution in [1.29, 1.82) is 0 Å². The molecule has 0 aliphatic carbocycles. The van der Waals surface area contributed by atoms with Gasteiger partial charge in [0, 0.05) is 12.1 Å². The summed E-state index contributed by atoms with van der Waals surface area (Å²) in [5, 5.41) is 8.04. The predicted octanol–water partition coefficient (Wildman–Crippen LogP) is 3.41. The van der Waals surface area contributed by atoms with E-state index in [1.165, 1.54) is 13.2 Å². The van der Waals surface area contributed by atoms with Gasteiger partial charge in [0.05, 0.1) is 18.6 Å². The van der Waals surface area contributed by atoms with Gasteiger partial charge in [0.25, 0.3) is 0 Å². The number of nitrogens with zero attached hydrogens (tertiary/aromatic N) is 3.